The van der Waals surface area contributed by atoms with Gasteiger partial charge in [0.2, 0.25) is 0 Å². The van der Waals surface area contributed by atoms with Crippen LogP contribution in [0, 0.1) is 18.3 Å². The summed E-state index contributed by atoms with van der Waals surface area (Å²) in [5.41, 5.74) is 2.98. The summed E-state index contributed by atoms with van der Waals surface area (Å²) in [7, 11) is 0. The molecular weight excluding hydrogens is 258 g/mol. The maximum absolute atomic E-state index is 9.85. The van der Waals surface area contributed by atoms with Gasteiger partial charge in [0.15, 0.2) is 0 Å². The number of benzene rings is 1. The van der Waals surface area contributed by atoms with Crippen molar-refractivity contribution in [3.63, 3.8) is 0 Å². The highest BCUT2D eigenvalue weighted by atomic mass is 16.3. The molecule has 1 aromatic carbocycles. The normalized spacial score (nSPS) is 31.5. The fraction of sp³-hybridized carbons (Fsp3) is 0.579. The Kier molecular flexibility index (Phi) is 3.71. The molecule has 2 bridgehead atoms. The van der Waals surface area contributed by atoms with E-state index in [2.05, 4.69) is 30.7 Å². The van der Waals surface area contributed by atoms with Crippen LogP contribution >= 0.6 is 0 Å². The number of terminal acetylenes is 1. The van der Waals surface area contributed by atoms with E-state index in [4.69, 9.17) is 6.42 Å². The van der Waals surface area contributed by atoms with Crippen LogP contribution in [0.2, 0.25) is 0 Å². The fourth-order valence-electron chi connectivity index (χ4n) is 4.36. The lowest BCUT2D eigenvalue weighted by Gasteiger charge is -2.54. The number of aromatic hydroxyl groups is 1. The molecule has 0 radical (unpaired) electrons. The molecule has 1 aromatic rings. The summed E-state index contributed by atoms with van der Waals surface area (Å²) in [4.78, 5) is 2.64. The summed E-state index contributed by atoms with van der Waals surface area (Å²) in [5, 5.41) is 9.85. The molecule has 112 valence electrons. The van der Waals surface area contributed by atoms with Gasteiger partial charge in [-0.3, -0.25) is 4.90 Å². The first-order chi connectivity index (χ1) is 10.1. The van der Waals surface area contributed by atoms with Crippen LogP contribution in [-0.4, -0.2) is 29.1 Å². The van der Waals surface area contributed by atoms with E-state index in [-0.39, 0.29) is 5.41 Å². The lowest BCUT2D eigenvalue weighted by molar-refractivity contribution is 0.0309. The SMILES string of the molecule is C#CCCCN1CC[C@]2(C)c3cc(O)ccc3C[C@H]1[C@H]2C. The zero-order valence-electron chi connectivity index (χ0n) is 13.1. The number of hydrogen-bond acceptors (Lipinski definition) is 2. The van der Waals surface area contributed by atoms with Crippen LogP contribution in [0.25, 0.3) is 0 Å². The van der Waals surface area contributed by atoms with Gasteiger partial charge >= 0.3 is 0 Å². The van der Waals surface area contributed by atoms with E-state index < -0.39 is 0 Å². The Morgan fingerprint density at radius 3 is 3.05 bits per heavy atom. The monoisotopic (exact) mass is 283 g/mol. The van der Waals surface area contributed by atoms with Crippen molar-refractivity contribution in [3.8, 4) is 18.1 Å². The van der Waals surface area contributed by atoms with E-state index in [9.17, 15) is 5.11 Å². The van der Waals surface area contributed by atoms with Crippen LogP contribution in [0.4, 0.5) is 0 Å². The molecule has 1 fully saturated rings. The van der Waals surface area contributed by atoms with Crippen LogP contribution in [0.1, 0.15) is 44.2 Å². The molecule has 0 unspecified atom stereocenters. The topological polar surface area (TPSA) is 23.5 Å². The quantitative estimate of drug-likeness (QED) is 0.679. The number of rotatable bonds is 3. The number of phenols is 1. The average Bonchev–Trinajstić information content (AvgIpc) is 2.46. The molecule has 2 heteroatoms. The zero-order valence-corrected chi connectivity index (χ0v) is 13.1. The van der Waals surface area contributed by atoms with Gasteiger partial charge in [-0.2, -0.15) is 0 Å². The van der Waals surface area contributed by atoms with Gasteiger partial charge in [-0.15, -0.1) is 12.3 Å². The minimum atomic E-state index is 0.194. The maximum Gasteiger partial charge on any atom is 0.115 e. The van der Waals surface area contributed by atoms with Crippen LogP contribution in [-0.2, 0) is 11.8 Å². The Morgan fingerprint density at radius 2 is 2.29 bits per heavy atom. The molecule has 21 heavy (non-hydrogen) atoms. The zero-order chi connectivity index (χ0) is 15.0. The molecule has 0 amide bonds. The van der Waals surface area contributed by atoms with Crippen LogP contribution in [0.5, 0.6) is 5.75 Å². The van der Waals surface area contributed by atoms with Gasteiger partial charge in [0.25, 0.3) is 0 Å². The second-order valence-corrected chi connectivity index (χ2v) is 6.91. The minimum Gasteiger partial charge on any atom is -0.508 e. The molecular formula is C19H25NO. The molecule has 3 atom stereocenters. The largest absolute Gasteiger partial charge is 0.508 e. The number of likely N-dealkylation sites (tertiary alicyclic amines) is 1. The number of phenolic OH excluding ortho intramolecular Hbond substituents is 1. The molecule has 2 nitrogen and oxygen atoms in total. The van der Waals surface area contributed by atoms with Gasteiger partial charge in [0, 0.05) is 12.5 Å². The molecule has 0 spiro atoms. The lowest BCUT2D eigenvalue weighted by Crippen LogP contribution is -2.58. The molecule has 1 aliphatic heterocycles. The third kappa shape index (κ3) is 2.34. The van der Waals surface area contributed by atoms with Crippen LogP contribution in [0.15, 0.2) is 18.2 Å². The smallest absolute Gasteiger partial charge is 0.115 e. The third-order valence-electron chi connectivity index (χ3n) is 5.87. The standard InChI is InChI=1S/C19H25NO/c1-4-5-6-10-20-11-9-19(3)14(2)18(20)12-15-7-8-16(21)13-17(15)19/h1,7-8,13-14,18,21H,5-6,9-12H2,2-3H3/t14-,18+,19+/m1/s1. The van der Waals surface area contributed by atoms with Crippen LogP contribution < -0.4 is 0 Å². The lowest BCUT2D eigenvalue weighted by atomic mass is 9.59. The summed E-state index contributed by atoms with van der Waals surface area (Å²) in [5.74, 6) is 3.77. The molecule has 0 aromatic heterocycles. The van der Waals surface area contributed by atoms with Crippen molar-refractivity contribution in [2.24, 2.45) is 5.92 Å². The van der Waals surface area contributed by atoms with Crippen molar-refractivity contribution >= 4 is 0 Å². The summed E-state index contributed by atoms with van der Waals surface area (Å²) in [6, 6.07) is 6.55. The molecule has 2 aliphatic rings. The Labute approximate surface area is 128 Å². The average molecular weight is 283 g/mol. The first-order valence-electron chi connectivity index (χ1n) is 8.06. The Hall–Kier alpha value is -1.46. The van der Waals surface area contributed by atoms with Crippen molar-refractivity contribution in [1.29, 1.82) is 0 Å². The molecule has 1 saturated heterocycles. The second kappa shape index (κ2) is 5.39. The van der Waals surface area contributed by atoms with Gasteiger partial charge < -0.3 is 5.11 Å². The number of nitrogens with zero attached hydrogens (tertiary/aromatic N) is 1. The van der Waals surface area contributed by atoms with Crippen molar-refractivity contribution in [3.05, 3.63) is 29.3 Å². The van der Waals surface area contributed by atoms with E-state index in [0.29, 0.717) is 17.7 Å². The van der Waals surface area contributed by atoms with Gasteiger partial charge in [0.1, 0.15) is 5.75 Å². The number of unbranched alkanes of at least 4 members (excludes halogenated alkanes) is 1. The molecule has 1 heterocycles. The number of piperidine rings is 1. The molecule has 3 rings (SSSR count). The highest BCUT2D eigenvalue weighted by Crippen LogP contribution is 2.49. The summed E-state index contributed by atoms with van der Waals surface area (Å²) in [6.07, 6.45) is 9.61. The van der Waals surface area contributed by atoms with E-state index >= 15 is 0 Å². The summed E-state index contributed by atoms with van der Waals surface area (Å²) in [6.45, 7) is 7.01. The summed E-state index contributed by atoms with van der Waals surface area (Å²) < 4.78 is 0. The van der Waals surface area contributed by atoms with Gasteiger partial charge in [-0.1, -0.05) is 19.9 Å². The number of fused-ring (bicyclic) bond motifs is 4. The Balaban J connectivity index is 1.89. The van der Waals surface area contributed by atoms with Crippen LogP contribution in [0.3, 0.4) is 0 Å². The van der Waals surface area contributed by atoms with Crippen molar-refractivity contribution in [2.75, 3.05) is 13.1 Å². The van der Waals surface area contributed by atoms with E-state index in [1.807, 2.05) is 12.1 Å². The number of hydrogen-bond donors (Lipinski definition) is 1. The molecule has 1 aliphatic carbocycles. The van der Waals surface area contributed by atoms with Crippen molar-refractivity contribution < 1.29 is 5.11 Å². The molecule has 0 saturated carbocycles. The predicted molar refractivity (Wildman–Crippen MR) is 86.4 cm³/mol. The predicted octanol–water partition coefficient (Wildman–Crippen LogP) is 3.33. The van der Waals surface area contributed by atoms with Gasteiger partial charge in [-0.25, -0.2) is 0 Å². The van der Waals surface area contributed by atoms with E-state index in [0.717, 1.165) is 38.8 Å². The molecule has 1 N–H and O–H groups in total. The van der Waals surface area contributed by atoms with Crippen molar-refractivity contribution in [1.82, 2.24) is 4.90 Å². The maximum atomic E-state index is 9.85. The Morgan fingerprint density at radius 1 is 1.48 bits per heavy atom. The van der Waals surface area contributed by atoms with Crippen molar-refractivity contribution in [2.45, 2.75) is 51.0 Å². The highest BCUT2D eigenvalue weighted by Gasteiger charge is 2.48. The van der Waals surface area contributed by atoms with Gasteiger partial charge in [-0.05, 0) is 66.9 Å². The summed E-state index contributed by atoms with van der Waals surface area (Å²) >= 11 is 0. The second-order valence-electron chi connectivity index (χ2n) is 6.91. The Bertz CT molecular complexity index is 573. The van der Waals surface area contributed by atoms with E-state index in [1.54, 1.807) is 0 Å². The van der Waals surface area contributed by atoms with Gasteiger partial charge in [0.05, 0.1) is 0 Å². The third-order valence-corrected chi connectivity index (χ3v) is 5.87. The first kappa shape index (κ1) is 14.5. The highest BCUT2D eigenvalue weighted by molar-refractivity contribution is 5.44. The fourth-order valence-corrected chi connectivity index (χ4v) is 4.36. The van der Waals surface area contributed by atoms with E-state index in [1.165, 1.54) is 11.1 Å². The minimum absolute atomic E-state index is 0.194. The first-order valence-corrected chi connectivity index (χ1v) is 8.06.